The first-order valence-corrected chi connectivity index (χ1v) is 8.49. The maximum absolute atomic E-state index is 12.1. The molecule has 8 heteroatoms. The van der Waals surface area contributed by atoms with Gasteiger partial charge in [0, 0.05) is 19.7 Å². The van der Waals surface area contributed by atoms with Gasteiger partial charge in [-0.05, 0) is 17.5 Å². The number of nitrogens with zero attached hydrogens (tertiary/aromatic N) is 2. The highest BCUT2D eigenvalue weighted by Gasteiger charge is 2.22. The van der Waals surface area contributed by atoms with Crippen molar-refractivity contribution >= 4 is 15.9 Å². The summed E-state index contributed by atoms with van der Waals surface area (Å²) in [6.07, 6.45) is 2.55. The van der Waals surface area contributed by atoms with Crippen LogP contribution >= 0.6 is 0 Å². The standard InChI is InChI=1S/C15H19N3O4S/c1-11(13-6-4-5-7-14(13)22-3)8-15(19)17-23(20,21)12-9-16-18(2)10-12/h4-7,9-11H,8H2,1-3H3,(H,17,19)/t11-/m1/s1. The van der Waals surface area contributed by atoms with Gasteiger partial charge >= 0.3 is 0 Å². The molecular weight excluding hydrogens is 318 g/mol. The number of nitrogens with one attached hydrogen (secondary N) is 1. The summed E-state index contributed by atoms with van der Waals surface area (Å²) >= 11 is 0. The van der Waals surface area contributed by atoms with E-state index in [1.165, 1.54) is 17.1 Å². The Hall–Kier alpha value is -2.35. The number of hydrogen-bond donors (Lipinski definition) is 1. The van der Waals surface area contributed by atoms with Crippen molar-refractivity contribution in [2.75, 3.05) is 7.11 Å². The predicted molar refractivity (Wildman–Crippen MR) is 84.6 cm³/mol. The van der Waals surface area contributed by atoms with Crippen LogP contribution in [0, 0.1) is 0 Å². The molecule has 124 valence electrons. The van der Waals surface area contributed by atoms with Gasteiger partial charge in [0.25, 0.3) is 10.0 Å². The molecule has 0 spiro atoms. The van der Waals surface area contributed by atoms with E-state index in [0.717, 1.165) is 5.56 Å². The second-order valence-electron chi connectivity index (χ2n) is 5.23. The Morgan fingerprint density at radius 3 is 2.70 bits per heavy atom. The molecule has 0 unspecified atom stereocenters. The third kappa shape index (κ3) is 4.10. The third-order valence-electron chi connectivity index (χ3n) is 3.40. The molecule has 0 aliphatic heterocycles. The van der Waals surface area contributed by atoms with E-state index in [-0.39, 0.29) is 17.2 Å². The van der Waals surface area contributed by atoms with Crippen LogP contribution in [0.1, 0.15) is 24.8 Å². The summed E-state index contributed by atoms with van der Waals surface area (Å²) in [5, 5.41) is 3.79. The number of sulfonamides is 1. The van der Waals surface area contributed by atoms with Crippen molar-refractivity contribution in [3.8, 4) is 5.75 Å². The van der Waals surface area contributed by atoms with Crippen molar-refractivity contribution in [1.29, 1.82) is 0 Å². The zero-order valence-electron chi connectivity index (χ0n) is 13.2. The second-order valence-corrected chi connectivity index (χ2v) is 6.91. The Kier molecular flexibility index (Phi) is 5.05. The zero-order valence-corrected chi connectivity index (χ0v) is 14.0. The van der Waals surface area contributed by atoms with Crippen LogP contribution in [0.15, 0.2) is 41.6 Å². The molecule has 0 fully saturated rings. The molecule has 23 heavy (non-hydrogen) atoms. The van der Waals surface area contributed by atoms with Crippen molar-refractivity contribution in [3.05, 3.63) is 42.2 Å². The first-order chi connectivity index (χ1) is 10.8. The Morgan fingerprint density at radius 1 is 1.39 bits per heavy atom. The molecule has 0 aliphatic rings. The van der Waals surface area contributed by atoms with E-state index in [1.807, 2.05) is 25.1 Å². The summed E-state index contributed by atoms with van der Waals surface area (Å²) < 4.78 is 32.9. The van der Waals surface area contributed by atoms with Gasteiger partial charge in [-0.15, -0.1) is 0 Å². The average Bonchev–Trinajstić information content (AvgIpc) is 2.94. The smallest absolute Gasteiger partial charge is 0.267 e. The second kappa shape index (κ2) is 6.82. The largest absolute Gasteiger partial charge is 0.496 e. The number of hydrogen-bond acceptors (Lipinski definition) is 5. The summed E-state index contributed by atoms with van der Waals surface area (Å²) in [5.74, 6) is -0.0922. The van der Waals surface area contributed by atoms with E-state index in [9.17, 15) is 13.2 Å². The number of ether oxygens (including phenoxy) is 1. The maximum Gasteiger partial charge on any atom is 0.267 e. The number of carbonyl (C=O) groups is 1. The number of carbonyl (C=O) groups excluding carboxylic acids is 1. The molecule has 1 aromatic heterocycles. The number of methoxy groups -OCH3 is 1. The topological polar surface area (TPSA) is 90.3 Å². The van der Waals surface area contributed by atoms with Gasteiger partial charge in [-0.2, -0.15) is 5.10 Å². The SMILES string of the molecule is COc1ccccc1[C@H](C)CC(=O)NS(=O)(=O)c1cnn(C)c1. The lowest BCUT2D eigenvalue weighted by molar-refractivity contribution is -0.119. The summed E-state index contributed by atoms with van der Waals surface area (Å²) in [7, 11) is -0.740. The van der Waals surface area contributed by atoms with Crippen LogP contribution in [0.2, 0.25) is 0 Å². The fraction of sp³-hybridized carbons (Fsp3) is 0.333. The Balaban J connectivity index is 2.07. The number of para-hydroxylation sites is 1. The molecule has 0 bridgehead atoms. The number of aryl methyl sites for hydroxylation is 1. The molecule has 0 saturated carbocycles. The van der Waals surface area contributed by atoms with Gasteiger partial charge in [0.2, 0.25) is 5.91 Å². The van der Waals surface area contributed by atoms with Crippen LogP contribution in [0.5, 0.6) is 5.75 Å². The van der Waals surface area contributed by atoms with E-state index in [2.05, 4.69) is 9.82 Å². The van der Waals surface area contributed by atoms with Crippen molar-refractivity contribution in [2.45, 2.75) is 24.2 Å². The minimum atomic E-state index is -3.90. The van der Waals surface area contributed by atoms with Gasteiger partial charge in [-0.1, -0.05) is 25.1 Å². The van der Waals surface area contributed by atoms with Gasteiger partial charge in [0.1, 0.15) is 10.6 Å². The summed E-state index contributed by atoms with van der Waals surface area (Å²) in [4.78, 5) is 12.0. The molecule has 0 aliphatic carbocycles. The molecule has 0 saturated heterocycles. The molecule has 1 heterocycles. The van der Waals surface area contributed by atoms with E-state index in [4.69, 9.17) is 4.74 Å². The minimum absolute atomic E-state index is 0.0276. The number of rotatable bonds is 6. The summed E-state index contributed by atoms with van der Waals surface area (Å²) in [5.41, 5.74) is 0.851. The fourth-order valence-electron chi connectivity index (χ4n) is 2.25. The predicted octanol–water partition coefficient (Wildman–Crippen LogP) is 1.43. The van der Waals surface area contributed by atoms with Crippen molar-refractivity contribution in [3.63, 3.8) is 0 Å². The van der Waals surface area contributed by atoms with Crippen molar-refractivity contribution < 1.29 is 17.9 Å². The quantitative estimate of drug-likeness (QED) is 0.861. The lowest BCUT2D eigenvalue weighted by Gasteiger charge is -2.15. The normalized spacial score (nSPS) is 12.7. The maximum atomic E-state index is 12.1. The van der Waals surface area contributed by atoms with E-state index < -0.39 is 15.9 Å². The highest BCUT2D eigenvalue weighted by atomic mass is 32.2. The van der Waals surface area contributed by atoms with Crippen LogP contribution < -0.4 is 9.46 Å². The Morgan fingerprint density at radius 2 is 2.09 bits per heavy atom. The van der Waals surface area contributed by atoms with Crippen LogP contribution in [-0.4, -0.2) is 31.2 Å². The third-order valence-corrected chi connectivity index (χ3v) is 4.73. The number of amides is 1. The molecule has 7 nitrogen and oxygen atoms in total. The van der Waals surface area contributed by atoms with Crippen molar-refractivity contribution in [1.82, 2.24) is 14.5 Å². The van der Waals surface area contributed by atoms with Crippen LogP contribution in [0.3, 0.4) is 0 Å². The van der Waals surface area contributed by atoms with E-state index >= 15 is 0 Å². The summed E-state index contributed by atoms with van der Waals surface area (Å²) in [6.45, 7) is 1.84. The summed E-state index contributed by atoms with van der Waals surface area (Å²) in [6, 6.07) is 7.34. The minimum Gasteiger partial charge on any atom is -0.496 e. The van der Waals surface area contributed by atoms with Gasteiger partial charge in [-0.25, -0.2) is 13.1 Å². The monoisotopic (exact) mass is 337 g/mol. The average molecular weight is 337 g/mol. The molecule has 1 atom stereocenters. The highest BCUT2D eigenvalue weighted by Crippen LogP contribution is 2.28. The van der Waals surface area contributed by atoms with Gasteiger partial charge < -0.3 is 4.74 Å². The highest BCUT2D eigenvalue weighted by molar-refractivity contribution is 7.90. The van der Waals surface area contributed by atoms with Crippen LogP contribution in [0.4, 0.5) is 0 Å². The molecular formula is C15H19N3O4S. The molecule has 1 N–H and O–H groups in total. The van der Waals surface area contributed by atoms with E-state index in [1.54, 1.807) is 20.2 Å². The first kappa shape index (κ1) is 17.0. The molecule has 2 aromatic rings. The zero-order chi connectivity index (χ0) is 17.0. The van der Waals surface area contributed by atoms with Crippen molar-refractivity contribution in [2.24, 2.45) is 7.05 Å². The molecule has 1 aromatic carbocycles. The van der Waals surface area contributed by atoms with Crippen LogP contribution in [-0.2, 0) is 21.9 Å². The first-order valence-electron chi connectivity index (χ1n) is 7.00. The van der Waals surface area contributed by atoms with Gasteiger partial charge in [-0.3, -0.25) is 9.48 Å². The number of benzene rings is 1. The van der Waals surface area contributed by atoms with Gasteiger partial charge in [0.05, 0.1) is 13.3 Å². The Bertz CT molecular complexity index is 799. The lowest BCUT2D eigenvalue weighted by Crippen LogP contribution is -2.31. The van der Waals surface area contributed by atoms with Gasteiger partial charge in [0.15, 0.2) is 0 Å². The molecule has 1 amide bonds. The molecule has 2 rings (SSSR count). The van der Waals surface area contributed by atoms with E-state index in [0.29, 0.717) is 5.75 Å². The Labute approximate surface area is 135 Å². The lowest BCUT2D eigenvalue weighted by atomic mass is 9.97. The fourth-order valence-corrected chi connectivity index (χ4v) is 3.23. The molecule has 0 radical (unpaired) electrons. The van der Waals surface area contributed by atoms with Crippen LogP contribution in [0.25, 0.3) is 0 Å². The number of aromatic nitrogens is 2.